The molecular formula is C19H22N2O2S. The molecule has 0 spiro atoms. The molecule has 0 bridgehead atoms. The zero-order chi connectivity index (χ0) is 16.7. The van der Waals surface area contributed by atoms with E-state index < -0.39 is 9.84 Å². The third-order valence-corrected chi connectivity index (χ3v) is 7.00. The molecular weight excluding hydrogens is 320 g/mol. The second kappa shape index (κ2) is 5.90. The highest BCUT2D eigenvalue weighted by Crippen LogP contribution is 2.43. The molecule has 2 aliphatic heterocycles. The van der Waals surface area contributed by atoms with E-state index in [0.29, 0.717) is 27.7 Å². The lowest BCUT2D eigenvalue weighted by Crippen LogP contribution is -2.25. The number of anilines is 1. The predicted molar refractivity (Wildman–Crippen MR) is 95.1 cm³/mol. The molecule has 1 saturated heterocycles. The van der Waals surface area contributed by atoms with Gasteiger partial charge in [0.1, 0.15) is 0 Å². The number of benzene rings is 2. The maximum atomic E-state index is 12.9. The summed E-state index contributed by atoms with van der Waals surface area (Å²) >= 11 is 0. The Kier molecular flexibility index (Phi) is 3.85. The van der Waals surface area contributed by atoms with E-state index in [1.165, 1.54) is 0 Å². The van der Waals surface area contributed by atoms with E-state index in [1.807, 2.05) is 18.2 Å². The zero-order valence-electron chi connectivity index (χ0n) is 13.7. The summed E-state index contributed by atoms with van der Waals surface area (Å²) in [5.74, 6) is 0.835. The number of hydrogen-bond donors (Lipinski definition) is 2. The number of fused-ring (bicyclic) bond motifs is 3. The van der Waals surface area contributed by atoms with Gasteiger partial charge in [-0.1, -0.05) is 25.1 Å². The summed E-state index contributed by atoms with van der Waals surface area (Å²) in [5.41, 5.74) is 2.24. The van der Waals surface area contributed by atoms with Gasteiger partial charge in [0.25, 0.3) is 0 Å². The molecule has 2 heterocycles. The van der Waals surface area contributed by atoms with E-state index in [1.54, 1.807) is 30.3 Å². The van der Waals surface area contributed by atoms with Gasteiger partial charge in [-0.2, -0.15) is 0 Å². The molecule has 1 fully saturated rings. The van der Waals surface area contributed by atoms with Crippen LogP contribution in [0.25, 0.3) is 0 Å². The topological polar surface area (TPSA) is 58.2 Å². The van der Waals surface area contributed by atoms with Crippen molar-refractivity contribution in [1.82, 2.24) is 5.32 Å². The van der Waals surface area contributed by atoms with Gasteiger partial charge in [0.15, 0.2) is 0 Å². The lowest BCUT2D eigenvalue weighted by molar-refractivity contribution is 0.443. The van der Waals surface area contributed by atoms with E-state index >= 15 is 0 Å². The molecule has 0 aliphatic carbocycles. The van der Waals surface area contributed by atoms with Crippen LogP contribution in [0, 0.1) is 5.92 Å². The Morgan fingerprint density at radius 2 is 1.83 bits per heavy atom. The van der Waals surface area contributed by atoms with Crippen LogP contribution in [-0.2, 0) is 9.84 Å². The summed E-state index contributed by atoms with van der Waals surface area (Å²) in [7, 11) is -3.47. The predicted octanol–water partition coefficient (Wildman–Crippen LogP) is 3.03. The highest BCUT2D eigenvalue weighted by molar-refractivity contribution is 7.91. The van der Waals surface area contributed by atoms with E-state index in [4.69, 9.17) is 0 Å². The second-order valence-corrected chi connectivity index (χ2v) is 8.76. The molecule has 2 N–H and O–H groups in total. The van der Waals surface area contributed by atoms with Crippen molar-refractivity contribution in [3.8, 4) is 0 Å². The molecule has 2 aromatic carbocycles. The number of rotatable bonds is 2. The second-order valence-electron chi connectivity index (χ2n) is 6.81. The van der Waals surface area contributed by atoms with Gasteiger partial charge in [-0.3, -0.25) is 0 Å². The molecule has 5 heteroatoms. The van der Waals surface area contributed by atoms with Crippen LogP contribution in [0.4, 0.5) is 5.69 Å². The average Bonchev–Trinajstić information content (AvgIpc) is 2.86. The summed E-state index contributed by atoms with van der Waals surface area (Å²) in [6.45, 7) is 4.21. The minimum Gasteiger partial charge on any atom is -0.381 e. The first kappa shape index (κ1) is 15.7. The van der Waals surface area contributed by atoms with E-state index in [-0.39, 0.29) is 0 Å². The molecule has 126 valence electrons. The molecule has 4 nitrogen and oxygen atoms in total. The molecule has 0 amide bonds. The average molecular weight is 342 g/mol. The van der Waals surface area contributed by atoms with Crippen LogP contribution in [-0.4, -0.2) is 27.5 Å². The Hall–Kier alpha value is -1.85. The first-order chi connectivity index (χ1) is 11.6. The summed E-state index contributed by atoms with van der Waals surface area (Å²) in [6.07, 6.45) is 1.06. The Bertz CT molecular complexity index is 849. The summed E-state index contributed by atoms with van der Waals surface area (Å²) in [5, 5.41) is 7.06. The highest BCUT2D eigenvalue weighted by atomic mass is 32.2. The number of nitrogens with one attached hydrogen (secondary N) is 2. The van der Waals surface area contributed by atoms with Crippen molar-refractivity contribution in [2.45, 2.75) is 35.1 Å². The fourth-order valence-electron chi connectivity index (χ4n) is 4.03. The normalized spacial score (nSPS) is 26.1. The van der Waals surface area contributed by atoms with Gasteiger partial charge in [-0.05, 0) is 61.3 Å². The highest BCUT2D eigenvalue weighted by Gasteiger charge is 2.37. The van der Waals surface area contributed by atoms with Crippen LogP contribution in [0.1, 0.15) is 24.8 Å². The Morgan fingerprint density at radius 1 is 1.04 bits per heavy atom. The molecule has 0 aromatic heterocycles. The van der Waals surface area contributed by atoms with Crippen molar-refractivity contribution in [3.63, 3.8) is 0 Å². The van der Waals surface area contributed by atoms with Gasteiger partial charge in [0.05, 0.1) is 9.79 Å². The monoisotopic (exact) mass is 342 g/mol. The van der Waals surface area contributed by atoms with E-state index in [0.717, 1.165) is 30.8 Å². The van der Waals surface area contributed by atoms with Gasteiger partial charge in [0.2, 0.25) is 9.84 Å². The fourth-order valence-corrected chi connectivity index (χ4v) is 5.34. The van der Waals surface area contributed by atoms with Gasteiger partial charge in [0, 0.05) is 17.6 Å². The van der Waals surface area contributed by atoms with Crippen molar-refractivity contribution < 1.29 is 8.42 Å². The van der Waals surface area contributed by atoms with Crippen molar-refractivity contribution in [2.75, 3.05) is 18.4 Å². The van der Waals surface area contributed by atoms with Gasteiger partial charge >= 0.3 is 0 Å². The van der Waals surface area contributed by atoms with Crippen LogP contribution >= 0.6 is 0 Å². The molecule has 0 radical (unpaired) electrons. The molecule has 2 aliphatic rings. The van der Waals surface area contributed by atoms with Crippen LogP contribution in [0.5, 0.6) is 0 Å². The van der Waals surface area contributed by atoms with Crippen molar-refractivity contribution in [2.24, 2.45) is 5.92 Å². The molecule has 24 heavy (non-hydrogen) atoms. The lowest BCUT2D eigenvalue weighted by atomic mass is 9.84. The maximum Gasteiger partial charge on any atom is 0.206 e. The number of sulfone groups is 1. The van der Waals surface area contributed by atoms with E-state index in [2.05, 4.69) is 17.6 Å². The van der Waals surface area contributed by atoms with E-state index in [9.17, 15) is 8.42 Å². The van der Waals surface area contributed by atoms with Crippen molar-refractivity contribution in [3.05, 3.63) is 54.1 Å². The zero-order valence-corrected chi connectivity index (χ0v) is 14.5. The number of hydrogen-bond acceptors (Lipinski definition) is 4. The molecule has 4 rings (SSSR count). The van der Waals surface area contributed by atoms with Gasteiger partial charge in [-0.15, -0.1) is 0 Å². The minimum atomic E-state index is -3.47. The lowest BCUT2D eigenvalue weighted by Gasteiger charge is -2.22. The minimum absolute atomic E-state index is 0.350. The van der Waals surface area contributed by atoms with Crippen LogP contribution in [0.2, 0.25) is 0 Å². The Morgan fingerprint density at radius 3 is 2.62 bits per heavy atom. The van der Waals surface area contributed by atoms with Crippen LogP contribution in [0.15, 0.2) is 58.3 Å². The summed E-state index contributed by atoms with van der Waals surface area (Å²) < 4.78 is 25.8. The van der Waals surface area contributed by atoms with Crippen molar-refractivity contribution >= 4 is 15.5 Å². The molecule has 3 atom stereocenters. The van der Waals surface area contributed by atoms with Crippen LogP contribution < -0.4 is 10.6 Å². The summed E-state index contributed by atoms with van der Waals surface area (Å²) in [6, 6.07) is 14.6. The first-order valence-electron chi connectivity index (χ1n) is 8.49. The maximum absolute atomic E-state index is 12.9. The smallest absolute Gasteiger partial charge is 0.206 e. The van der Waals surface area contributed by atoms with Gasteiger partial charge < -0.3 is 10.6 Å². The molecule has 2 aromatic rings. The van der Waals surface area contributed by atoms with Gasteiger partial charge in [-0.25, -0.2) is 8.42 Å². The first-order valence-corrected chi connectivity index (χ1v) is 9.97. The van der Waals surface area contributed by atoms with Crippen LogP contribution in [0.3, 0.4) is 0 Å². The quantitative estimate of drug-likeness (QED) is 0.881. The molecule has 2 unspecified atom stereocenters. The Labute approximate surface area is 143 Å². The fraction of sp³-hybridized carbons (Fsp3) is 0.368. The Balaban J connectivity index is 1.77. The standard InChI is InChI=1S/C19H22N2O2S/c1-13-12-20-10-9-18-19(13)16-11-15(7-8-17(16)21-18)24(22,23)14-5-3-2-4-6-14/h2-8,11,13,18-21H,9-10,12H2,1H3/t13?,18?,19-/m0/s1. The SMILES string of the molecule is CC1CNCCC2Nc3ccc(S(=O)(=O)c4ccccc4)cc3[C@H]12. The largest absolute Gasteiger partial charge is 0.381 e. The van der Waals surface area contributed by atoms with Crippen molar-refractivity contribution in [1.29, 1.82) is 0 Å². The molecule has 0 saturated carbocycles. The third kappa shape index (κ3) is 2.52. The summed E-state index contributed by atoms with van der Waals surface area (Å²) in [4.78, 5) is 0.738. The third-order valence-electron chi connectivity index (χ3n) is 5.23.